The molecule has 29 heavy (non-hydrogen) atoms. The molecule has 0 aliphatic rings. The highest BCUT2D eigenvalue weighted by Crippen LogP contribution is 2.21. The number of aryl methyl sites for hydroxylation is 3. The topological polar surface area (TPSA) is 89.3 Å². The molecule has 0 saturated heterocycles. The molecule has 6 heteroatoms. The number of amides is 1. The van der Waals surface area contributed by atoms with E-state index in [1.165, 1.54) is 18.2 Å². The number of nitro benzene ring substituents is 1. The van der Waals surface area contributed by atoms with Crippen molar-refractivity contribution in [3.8, 4) is 0 Å². The summed E-state index contributed by atoms with van der Waals surface area (Å²) in [5.41, 5.74) is 4.34. The molecule has 1 amide bonds. The van der Waals surface area contributed by atoms with E-state index >= 15 is 0 Å². The molecule has 0 aliphatic heterocycles. The lowest BCUT2D eigenvalue weighted by Crippen LogP contribution is -2.13. The number of carbonyl (C=O) groups is 2. The van der Waals surface area contributed by atoms with Crippen LogP contribution in [0.25, 0.3) is 0 Å². The zero-order valence-corrected chi connectivity index (χ0v) is 16.4. The minimum atomic E-state index is -0.487. The van der Waals surface area contributed by atoms with Crippen LogP contribution in [0, 0.1) is 30.9 Å². The molecule has 146 valence electrons. The van der Waals surface area contributed by atoms with Gasteiger partial charge in [-0.05, 0) is 62.2 Å². The monoisotopic (exact) mass is 388 g/mol. The van der Waals surface area contributed by atoms with Crippen LogP contribution in [0.3, 0.4) is 0 Å². The van der Waals surface area contributed by atoms with Gasteiger partial charge in [0.2, 0.25) is 0 Å². The predicted octanol–water partition coefficient (Wildman–Crippen LogP) is 5.00. The summed E-state index contributed by atoms with van der Waals surface area (Å²) in [7, 11) is 0. The van der Waals surface area contributed by atoms with Crippen LogP contribution in [0.15, 0.2) is 60.7 Å². The first-order chi connectivity index (χ1) is 13.8. The number of hydrogen-bond donors (Lipinski definition) is 1. The third kappa shape index (κ3) is 4.38. The van der Waals surface area contributed by atoms with Gasteiger partial charge in [-0.25, -0.2) is 0 Å². The lowest BCUT2D eigenvalue weighted by atomic mass is 9.99. The Morgan fingerprint density at radius 1 is 0.793 bits per heavy atom. The Bertz CT molecular complexity index is 1140. The third-order valence-electron chi connectivity index (χ3n) is 4.81. The van der Waals surface area contributed by atoms with Crippen molar-refractivity contribution in [3.05, 3.63) is 104 Å². The standard InChI is InChI=1S/C23H20N2O4/c1-14-7-8-18(11-15(14)2)22(26)17-5-4-6-20(13-17)24-23(27)19-9-10-21(25(28)29)16(3)12-19/h4-13H,1-3H3,(H,24,27). The molecule has 0 radical (unpaired) electrons. The molecule has 0 aliphatic carbocycles. The van der Waals surface area contributed by atoms with Crippen LogP contribution in [0.1, 0.15) is 43.0 Å². The maximum atomic E-state index is 12.8. The fourth-order valence-corrected chi connectivity index (χ4v) is 2.99. The molecule has 0 aromatic heterocycles. The summed E-state index contributed by atoms with van der Waals surface area (Å²) in [5.74, 6) is -0.533. The number of carbonyl (C=O) groups excluding carboxylic acids is 2. The van der Waals surface area contributed by atoms with Crippen molar-refractivity contribution in [3.63, 3.8) is 0 Å². The first kappa shape index (κ1) is 19.9. The van der Waals surface area contributed by atoms with E-state index in [0.717, 1.165) is 11.1 Å². The number of nitrogens with zero attached hydrogens (tertiary/aromatic N) is 1. The second-order valence-electron chi connectivity index (χ2n) is 6.92. The summed E-state index contributed by atoms with van der Waals surface area (Å²) in [6, 6.07) is 16.4. The van der Waals surface area contributed by atoms with Crippen molar-refractivity contribution < 1.29 is 14.5 Å². The van der Waals surface area contributed by atoms with Gasteiger partial charge in [-0.15, -0.1) is 0 Å². The van der Waals surface area contributed by atoms with Gasteiger partial charge >= 0.3 is 0 Å². The largest absolute Gasteiger partial charge is 0.322 e. The molecule has 0 atom stereocenters. The van der Waals surface area contributed by atoms with Crippen LogP contribution in [-0.4, -0.2) is 16.6 Å². The van der Waals surface area contributed by atoms with Gasteiger partial charge in [-0.1, -0.05) is 24.3 Å². The fourth-order valence-electron chi connectivity index (χ4n) is 2.99. The first-order valence-electron chi connectivity index (χ1n) is 9.04. The number of hydrogen-bond acceptors (Lipinski definition) is 4. The van der Waals surface area contributed by atoms with Crippen molar-refractivity contribution in [1.29, 1.82) is 0 Å². The first-order valence-corrected chi connectivity index (χ1v) is 9.04. The maximum Gasteiger partial charge on any atom is 0.272 e. The van der Waals surface area contributed by atoms with Gasteiger partial charge in [0.1, 0.15) is 0 Å². The van der Waals surface area contributed by atoms with E-state index in [-0.39, 0.29) is 11.5 Å². The molecular weight excluding hydrogens is 368 g/mol. The maximum absolute atomic E-state index is 12.8. The molecule has 6 nitrogen and oxygen atoms in total. The van der Waals surface area contributed by atoms with Crippen molar-refractivity contribution in [2.75, 3.05) is 5.32 Å². The molecule has 0 fully saturated rings. The zero-order chi connectivity index (χ0) is 21.1. The van der Waals surface area contributed by atoms with E-state index in [9.17, 15) is 19.7 Å². The van der Waals surface area contributed by atoms with Crippen LogP contribution in [0.4, 0.5) is 11.4 Å². The summed E-state index contributed by atoms with van der Waals surface area (Å²) in [6.45, 7) is 5.52. The summed E-state index contributed by atoms with van der Waals surface area (Å²) < 4.78 is 0. The SMILES string of the molecule is Cc1ccc(C(=O)c2cccc(NC(=O)c3ccc([N+](=O)[O-])c(C)c3)c2)cc1C. The summed E-state index contributed by atoms with van der Waals surface area (Å²) in [4.78, 5) is 35.7. The van der Waals surface area contributed by atoms with Crippen LogP contribution in [0.2, 0.25) is 0 Å². The number of ketones is 1. The van der Waals surface area contributed by atoms with E-state index in [2.05, 4.69) is 5.32 Å². The zero-order valence-electron chi connectivity index (χ0n) is 16.4. The number of nitro groups is 1. The molecule has 0 spiro atoms. The molecule has 0 unspecified atom stereocenters. The smallest absolute Gasteiger partial charge is 0.272 e. The second-order valence-corrected chi connectivity index (χ2v) is 6.92. The number of rotatable bonds is 5. The molecule has 0 bridgehead atoms. The van der Waals surface area contributed by atoms with Crippen molar-refractivity contribution >= 4 is 23.1 Å². The van der Waals surface area contributed by atoms with Crippen molar-refractivity contribution in [2.45, 2.75) is 20.8 Å². The predicted molar refractivity (Wildman–Crippen MR) is 112 cm³/mol. The number of nitrogens with one attached hydrogen (secondary N) is 1. The number of anilines is 1. The van der Waals surface area contributed by atoms with Gasteiger partial charge in [0.15, 0.2) is 5.78 Å². The van der Waals surface area contributed by atoms with Crippen LogP contribution < -0.4 is 5.32 Å². The molecule has 0 heterocycles. The second kappa shape index (κ2) is 8.06. The van der Waals surface area contributed by atoms with Crippen LogP contribution in [-0.2, 0) is 0 Å². The Balaban J connectivity index is 1.81. The Hall–Kier alpha value is -3.80. The fraction of sp³-hybridized carbons (Fsp3) is 0.130. The van der Waals surface area contributed by atoms with Gasteiger partial charge in [-0.2, -0.15) is 0 Å². The molecule has 3 aromatic rings. The van der Waals surface area contributed by atoms with Gasteiger partial charge in [0.05, 0.1) is 4.92 Å². The average molecular weight is 388 g/mol. The summed E-state index contributed by atoms with van der Waals surface area (Å²) in [5, 5.41) is 13.7. The molecular formula is C23H20N2O4. The number of benzene rings is 3. The highest BCUT2D eigenvalue weighted by atomic mass is 16.6. The van der Waals surface area contributed by atoms with E-state index in [1.807, 2.05) is 26.0 Å². The Kier molecular flexibility index (Phi) is 5.54. The van der Waals surface area contributed by atoms with Crippen molar-refractivity contribution in [2.24, 2.45) is 0 Å². The molecule has 0 saturated carbocycles. The minimum absolute atomic E-state index is 0.0393. The summed E-state index contributed by atoms with van der Waals surface area (Å²) in [6.07, 6.45) is 0. The lowest BCUT2D eigenvalue weighted by Gasteiger charge is -2.09. The van der Waals surface area contributed by atoms with E-state index in [0.29, 0.717) is 27.9 Å². The highest BCUT2D eigenvalue weighted by Gasteiger charge is 2.15. The van der Waals surface area contributed by atoms with E-state index in [4.69, 9.17) is 0 Å². The molecule has 3 rings (SSSR count). The van der Waals surface area contributed by atoms with Gasteiger partial charge < -0.3 is 5.32 Å². The van der Waals surface area contributed by atoms with Crippen LogP contribution in [0.5, 0.6) is 0 Å². The lowest BCUT2D eigenvalue weighted by molar-refractivity contribution is -0.385. The van der Waals surface area contributed by atoms with Gasteiger partial charge in [-0.3, -0.25) is 19.7 Å². The Morgan fingerprint density at radius 2 is 1.45 bits per heavy atom. The molecule has 3 aromatic carbocycles. The van der Waals surface area contributed by atoms with E-state index in [1.54, 1.807) is 37.3 Å². The Labute approximate surface area is 168 Å². The van der Waals surface area contributed by atoms with Crippen molar-refractivity contribution in [1.82, 2.24) is 0 Å². The Morgan fingerprint density at radius 3 is 2.10 bits per heavy atom. The van der Waals surface area contributed by atoms with Crippen LogP contribution >= 0.6 is 0 Å². The normalized spacial score (nSPS) is 10.4. The quantitative estimate of drug-likeness (QED) is 0.378. The highest BCUT2D eigenvalue weighted by molar-refractivity contribution is 6.10. The van der Waals surface area contributed by atoms with Gasteiger partial charge in [0, 0.05) is 34.0 Å². The summed E-state index contributed by atoms with van der Waals surface area (Å²) >= 11 is 0. The van der Waals surface area contributed by atoms with E-state index < -0.39 is 10.8 Å². The minimum Gasteiger partial charge on any atom is -0.322 e. The third-order valence-corrected chi connectivity index (χ3v) is 4.81. The van der Waals surface area contributed by atoms with Gasteiger partial charge in [0.25, 0.3) is 11.6 Å². The average Bonchev–Trinajstić information content (AvgIpc) is 2.69. The molecule has 1 N–H and O–H groups in total.